The third-order valence-corrected chi connectivity index (χ3v) is 3.87. The van der Waals surface area contributed by atoms with E-state index >= 15 is 0 Å². The molecule has 2 aromatic rings. The van der Waals surface area contributed by atoms with Crippen molar-refractivity contribution in [1.82, 2.24) is 5.32 Å². The predicted octanol–water partition coefficient (Wildman–Crippen LogP) is 1.95. The van der Waals surface area contributed by atoms with Gasteiger partial charge >= 0.3 is 5.97 Å². The van der Waals surface area contributed by atoms with Gasteiger partial charge in [0.05, 0.1) is 24.1 Å². The third kappa shape index (κ3) is 4.14. The second kappa shape index (κ2) is 7.73. The van der Waals surface area contributed by atoms with Gasteiger partial charge in [0.2, 0.25) is 0 Å². The standard InChI is InChI=1S/C18H16N2O7/c1-25-18(22)12-6-11(7-13(8-12)20(23)24)17(21)19-9-14-10-26-15-4-2-3-5-16(15)27-14/h2-8,14H,9-10H2,1H3,(H,19,21). The first-order valence-corrected chi connectivity index (χ1v) is 8.02. The predicted molar refractivity (Wildman–Crippen MR) is 93.1 cm³/mol. The topological polar surface area (TPSA) is 117 Å². The number of hydrogen-bond acceptors (Lipinski definition) is 7. The number of nitro benzene ring substituents is 1. The lowest BCUT2D eigenvalue weighted by Crippen LogP contribution is -2.40. The zero-order chi connectivity index (χ0) is 19.4. The number of amides is 1. The summed E-state index contributed by atoms with van der Waals surface area (Å²) in [4.78, 5) is 34.4. The lowest BCUT2D eigenvalue weighted by molar-refractivity contribution is -0.384. The molecule has 140 valence electrons. The van der Waals surface area contributed by atoms with Gasteiger partial charge in [0.25, 0.3) is 11.6 Å². The number of carbonyl (C=O) groups excluding carboxylic acids is 2. The Hall–Kier alpha value is -3.62. The van der Waals surface area contributed by atoms with E-state index in [2.05, 4.69) is 10.1 Å². The van der Waals surface area contributed by atoms with Crippen LogP contribution in [0.3, 0.4) is 0 Å². The molecule has 9 nitrogen and oxygen atoms in total. The van der Waals surface area contributed by atoms with Crippen molar-refractivity contribution in [2.45, 2.75) is 6.10 Å². The van der Waals surface area contributed by atoms with Gasteiger partial charge in [-0.2, -0.15) is 0 Å². The molecule has 3 rings (SSSR count). The first-order chi connectivity index (χ1) is 13.0. The summed E-state index contributed by atoms with van der Waals surface area (Å²) in [6, 6.07) is 10.6. The van der Waals surface area contributed by atoms with E-state index in [9.17, 15) is 19.7 Å². The monoisotopic (exact) mass is 372 g/mol. The molecule has 0 saturated carbocycles. The average Bonchev–Trinajstić information content (AvgIpc) is 2.70. The maximum Gasteiger partial charge on any atom is 0.338 e. The quantitative estimate of drug-likeness (QED) is 0.484. The van der Waals surface area contributed by atoms with Crippen LogP contribution in [0.1, 0.15) is 20.7 Å². The smallest absolute Gasteiger partial charge is 0.338 e. The number of benzene rings is 2. The van der Waals surface area contributed by atoms with E-state index in [0.717, 1.165) is 19.2 Å². The van der Waals surface area contributed by atoms with E-state index in [1.807, 2.05) is 6.07 Å². The minimum atomic E-state index is -0.770. The summed E-state index contributed by atoms with van der Waals surface area (Å²) in [5.41, 5.74) is -0.487. The number of rotatable bonds is 5. The molecule has 0 fully saturated rings. The highest BCUT2D eigenvalue weighted by molar-refractivity contribution is 5.99. The molecule has 1 N–H and O–H groups in total. The number of esters is 1. The summed E-state index contributed by atoms with van der Waals surface area (Å²) in [5, 5.41) is 13.7. The lowest BCUT2D eigenvalue weighted by atomic mass is 10.1. The molecule has 0 radical (unpaired) electrons. The summed E-state index contributed by atoms with van der Waals surface area (Å²) >= 11 is 0. The van der Waals surface area contributed by atoms with Crippen LogP contribution in [-0.4, -0.2) is 43.2 Å². The van der Waals surface area contributed by atoms with Crippen molar-refractivity contribution in [1.29, 1.82) is 0 Å². The van der Waals surface area contributed by atoms with E-state index in [0.29, 0.717) is 11.5 Å². The van der Waals surface area contributed by atoms with Crippen molar-refractivity contribution in [3.8, 4) is 11.5 Å². The highest BCUT2D eigenvalue weighted by Crippen LogP contribution is 2.30. The minimum absolute atomic E-state index is 0.0262. The Bertz CT molecular complexity index is 897. The number of nitrogens with zero attached hydrogens (tertiary/aromatic N) is 1. The van der Waals surface area contributed by atoms with E-state index in [1.54, 1.807) is 18.2 Å². The van der Waals surface area contributed by atoms with Crippen LogP contribution in [0.15, 0.2) is 42.5 Å². The zero-order valence-electron chi connectivity index (χ0n) is 14.3. The van der Waals surface area contributed by atoms with Gasteiger partial charge in [-0.15, -0.1) is 0 Å². The molecule has 1 amide bonds. The molecule has 1 atom stereocenters. The Kier molecular flexibility index (Phi) is 5.20. The fourth-order valence-electron chi connectivity index (χ4n) is 2.56. The molecule has 0 aliphatic carbocycles. The van der Waals surface area contributed by atoms with E-state index < -0.39 is 22.9 Å². The Morgan fingerprint density at radius 3 is 2.63 bits per heavy atom. The van der Waals surface area contributed by atoms with Crippen LogP contribution in [-0.2, 0) is 4.74 Å². The molecule has 1 aliphatic heterocycles. The Morgan fingerprint density at radius 2 is 1.93 bits per heavy atom. The minimum Gasteiger partial charge on any atom is -0.486 e. The Morgan fingerprint density at radius 1 is 1.22 bits per heavy atom. The first kappa shape index (κ1) is 18.2. The van der Waals surface area contributed by atoms with Crippen molar-refractivity contribution >= 4 is 17.6 Å². The zero-order valence-corrected chi connectivity index (χ0v) is 14.3. The van der Waals surface area contributed by atoms with Crippen molar-refractivity contribution in [3.05, 3.63) is 63.7 Å². The number of fused-ring (bicyclic) bond motifs is 1. The molecule has 1 unspecified atom stereocenters. The molecular formula is C18H16N2O7. The highest BCUT2D eigenvalue weighted by atomic mass is 16.6. The van der Waals surface area contributed by atoms with Gasteiger partial charge in [0.1, 0.15) is 12.7 Å². The number of nitrogens with one attached hydrogen (secondary N) is 1. The summed E-state index contributed by atoms with van der Waals surface area (Å²) in [7, 11) is 1.15. The van der Waals surface area contributed by atoms with E-state index in [1.165, 1.54) is 6.07 Å². The molecule has 0 spiro atoms. The van der Waals surface area contributed by atoms with Crippen LogP contribution >= 0.6 is 0 Å². The van der Waals surface area contributed by atoms with Crippen LogP contribution in [0.4, 0.5) is 5.69 Å². The van der Waals surface area contributed by atoms with Crippen LogP contribution in [0.2, 0.25) is 0 Å². The highest BCUT2D eigenvalue weighted by Gasteiger charge is 2.23. The second-order valence-corrected chi connectivity index (χ2v) is 5.72. The number of hydrogen-bond donors (Lipinski definition) is 1. The van der Waals surface area contributed by atoms with Crippen LogP contribution in [0, 0.1) is 10.1 Å². The maximum absolute atomic E-state index is 12.4. The molecule has 9 heteroatoms. The molecular weight excluding hydrogens is 356 g/mol. The summed E-state index contributed by atoms with van der Waals surface area (Å²) in [5.74, 6) is -0.146. The van der Waals surface area contributed by atoms with Gasteiger partial charge in [-0.25, -0.2) is 4.79 Å². The number of para-hydroxylation sites is 2. The van der Waals surface area contributed by atoms with Gasteiger partial charge in [0, 0.05) is 17.7 Å². The number of nitro groups is 1. The van der Waals surface area contributed by atoms with Crippen LogP contribution < -0.4 is 14.8 Å². The fraction of sp³-hybridized carbons (Fsp3) is 0.222. The van der Waals surface area contributed by atoms with E-state index in [4.69, 9.17) is 9.47 Å². The van der Waals surface area contributed by atoms with Gasteiger partial charge < -0.3 is 19.5 Å². The summed E-state index contributed by atoms with van der Waals surface area (Å²) in [6.07, 6.45) is -0.414. The molecule has 1 aliphatic rings. The molecule has 0 saturated heterocycles. The van der Waals surface area contributed by atoms with Crippen molar-refractivity contribution in [3.63, 3.8) is 0 Å². The normalized spacial score (nSPS) is 14.9. The average molecular weight is 372 g/mol. The first-order valence-electron chi connectivity index (χ1n) is 8.02. The maximum atomic E-state index is 12.4. The number of methoxy groups -OCH3 is 1. The van der Waals surface area contributed by atoms with Crippen LogP contribution in [0.25, 0.3) is 0 Å². The van der Waals surface area contributed by atoms with Gasteiger partial charge in [0.15, 0.2) is 11.5 Å². The number of ether oxygens (including phenoxy) is 3. The molecule has 0 bridgehead atoms. The molecule has 0 aromatic heterocycles. The molecule has 2 aromatic carbocycles. The Balaban J connectivity index is 1.70. The van der Waals surface area contributed by atoms with Gasteiger partial charge in [-0.3, -0.25) is 14.9 Å². The second-order valence-electron chi connectivity index (χ2n) is 5.72. The van der Waals surface area contributed by atoms with Crippen molar-refractivity contribution in [2.24, 2.45) is 0 Å². The third-order valence-electron chi connectivity index (χ3n) is 3.87. The van der Waals surface area contributed by atoms with Crippen LogP contribution in [0.5, 0.6) is 11.5 Å². The van der Waals surface area contributed by atoms with Gasteiger partial charge in [-0.1, -0.05) is 12.1 Å². The van der Waals surface area contributed by atoms with Crippen molar-refractivity contribution in [2.75, 3.05) is 20.3 Å². The molecule has 27 heavy (non-hydrogen) atoms. The number of non-ortho nitro benzene ring substituents is 1. The fourth-order valence-corrected chi connectivity index (χ4v) is 2.56. The van der Waals surface area contributed by atoms with Crippen molar-refractivity contribution < 1.29 is 28.7 Å². The largest absolute Gasteiger partial charge is 0.486 e. The summed E-state index contributed by atoms with van der Waals surface area (Å²) < 4.78 is 15.9. The van der Waals surface area contributed by atoms with E-state index in [-0.39, 0.29) is 30.0 Å². The summed E-state index contributed by atoms with van der Waals surface area (Å²) in [6.45, 7) is 0.378. The van der Waals surface area contributed by atoms with Gasteiger partial charge in [-0.05, 0) is 18.2 Å². The lowest BCUT2D eigenvalue weighted by Gasteiger charge is -2.26. The Labute approximate surface area is 154 Å². The number of carbonyl (C=O) groups is 2. The molecule has 1 heterocycles. The SMILES string of the molecule is COC(=O)c1cc(C(=O)NCC2COc3ccccc3O2)cc([N+](=O)[O-])c1.